The van der Waals surface area contributed by atoms with Gasteiger partial charge >= 0.3 is 0 Å². The molecule has 1 aromatic rings. The Hall–Kier alpha value is -1.19. The van der Waals surface area contributed by atoms with Crippen LogP contribution in [0.1, 0.15) is 6.92 Å². The minimum absolute atomic E-state index is 0.0433. The highest BCUT2D eigenvalue weighted by Gasteiger charge is 2.36. The van der Waals surface area contributed by atoms with Crippen LogP contribution in [0.5, 0.6) is 0 Å². The Kier molecular flexibility index (Phi) is 3.54. The van der Waals surface area contributed by atoms with E-state index in [4.69, 9.17) is 0 Å². The number of pyridine rings is 1. The van der Waals surface area contributed by atoms with Crippen molar-refractivity contribution in [3.8, 4) is 0 Å². The van der Waals surface area contributed by atoms with Gasteiger partial charge in [-0.2, -0.15) is 4.31 Å². The third kappa shape index (κ3) is 2.88. The predicted octanol–water partition coefficient (Wildman–Crippen LogP) is -0.817. The highest BCUT2D eigenvalue weighted by molar-refractivity contribution is 7.92. The zero-order chi connectivity index (χ0) is 14.3. The van der Waals surface area contributed by atoms with Crippen molar-refractivity contribution in [2.24, 2.45) is 0 Å². The molecule has 19 heavy (non-hydrogen) atoms. The molecule has 1 aromatic heterocycles. The molecule has 1 atom stereocenters. The van der Waals surface area contributed by atoms with Crippen LogP contribution in [-0.2, 0) is 19.9 Å². The summed E-state index contributed by atoms with van der Waals surface area (Å²) in [6.07, 6.45) is 1.12. The van der Waals surface area contributed by atoms with E-state index in [-0.39, 0.29) is 22.9 Å². The lowest BCUT2D eigenvalue weighted by molar-refractivity contribution is 0.356. The quantitative estimate of drug-likeness (QED) is 0.769. The maximum absolute atomic E-state index is 12.3. The van der Waals surface area contributed by atoms with Crippen LogP contribution in [0.2, 0.25) is 0 Å². The fraction of sp³-hybridized carbons (Fsp3) is 0.500. The molecule has 0 saturated carbocycles. The number of sulfonamides is 1. The summed E-state index contributed by atoms with van der Waals surface area (Å²) in [4.78, 5) is 13.2. The van der Waals surface area contributed by atoms with Gasteiger partial charge in [-0.3, -0.25) is 4.79 Å². The number of aromatic amines is 1. The number of nitrogens with zero attached hydrogens (tertiary/aromatic N) is 1. The molecule has 0 aromatic carbocycles. The van der Waals surface area contributed by atoms with Crippen molar-refractivity contribution < 1.29 is 16.8 Å². The van der Waals surface area contributed by atoms with Crippen LogP contribution in [0.25, 0.3) is 0 Å². The summed E-state index contributed by atoms with van der Waals surface area (Å²) in [6, 6.07) is 1.72. The van der Waals surface area contributed by atoms with E-state index in [2.05, 4.69) is 4.98 Å². The first-order chi connectivity index (χ1) is 8.72. The summed E-state index contributed by atoms with van der Waals surface area (Å²) in [6.45, 7) is 1.49. The lowest BCUT2D eigenvalue weighted by Crippen LogP contribution is -2.49. The van der Waals surface area contributed by atoms with E-state index >= 15 is 0 Å². The number of hydrogen-bond donors (Lipinski definition) is 1. The van der Waals surface area contributed by atoms with Gasteiger partial charge in [0.2, 0.25) is 15.6 Å². The van der Waals surface area contributed by atoms with Crippen LogP contribution in [-0.4, -0.2) is 50.2 Å². The third-order valence-corrected chi connectivity index (χ3v) is 6.78. The van der Waals surface area contributed by atoms with Gasteiger partial charge in [0.15, 0.2) is 9.84 Å². The minimum atomic E-state index is -3.78. The largest absolute Gasteiger partial charge is 0.328 e. The monoisotopic (exact) mass is 306 g/mol. The van der Waals surface area contributed by atoms with Gasteiger partial charge < -0.3 is 4.98 Å². The van der Waals surface area contributed by atoms with Crippen molar-refractivity contribution in [2.45, 2.75) is 17.9 Å². The fourth-order valence-corrected chi connectivity index (χ4v) is 5.40. The zero-order valence-electron chi connectivity index (χ0n) is 10.2. The maximum atomic E-state index is 12.3. The number of H-pyrrole nitrogens is 1. The average molecular weight is 306 g/mol. The Morgan fingerprint density at radius 3 is 2.58 bits per heavy atom. The van der Waals surface area contributed by atoms with E-state index in [1.54, 1.807) is 6.92 Å². The van der Waals surface area contributed by atoms with Gasteiger partial charge in [-0.1, -0.05) is 0 Å². The Morgan fingerprint density at radius 1 is 1.37 bits per heavy atom. The molecule has 0 spiro atoms. The van der Waals surface area contributed by atoms with Crippen LogP contribution >= 0.6 is 0 Å². The molecule has 0 bridgehead atoms. The summed E-state index contributed by atoms with van der Waals surface area (Å²) in [5, 5.41) is 0. The molecule has 9 heteroatoms. The first-order valence-corrected chi connectivity index (χ1v) is 8.89. The lowest BCUT2D eigenvalue weighted by Gasteiger charge is -2.31. The molecular formula is C10H14N2O5S2. The average Bonchev–Trinajstić information content (AvgIpc) is 2.27. The SMILES string of the molecule is CC1CS(=O)(=O)CCN1S(=O)(=O)c1ccc(=O)[nH]c1. The molecule has 1 aliphatic rings. The van der Waals surface area contributed by atoms with Crippen LogP contribution in [0, 0.1) is 0 Å². The molecule has 2 heterocycles. The molecule has 0 radical (unpaired) electrons. The molecule has 1 N–H and O–H groups in total. The molecule has 1 unspecified atom stereocenters. The maximum Gasteiger partial charge on any atom is 0.247 e. The van der Waals surface area contributed by atoms with Crippen molar-refractivity contribution in [2.75, 3.05) is 18.1 Å². The summed E-state index contributed by atoms with van der Waals surface area (Å²) in [5.41, 5.74) is -0.395. The molecular weight excluding hydrogens is 292 g/mol. The fourth-order valence-electron chi connectivity index (χ4n) is 2.03. The molecule has 2 rings (SSSR count). The lowest BCUT2D eigenvalue weighted by atomic mass is 10.4. The van der Waals surface area contributed by atoms with Gasteiger partial charge in [-0.15, -0.1) is 0 Å². The van der Waals surface area contributed by atoms with Crippen LogP contribution in [0.15, 0.2) is 28.0 Å². The Labute approximate surface area is 111 Å². The van der Waals surface area contributed by atoms with Crippen LogP contribution < -0.4 is 5.56 Å². The van der Waals surface area contributed by atoms with E-state index in [1.165, 1.54) is 6.07 Å². The van der Waals surface area contributed by atoms with E-state index in [0.717, 1.165) is 16.6 Å². The van der Waals surface area contributed by atoms with E-state index in [0.29, 0.717) is 0 Å². The van der Waals surface area contributed by atoms with Gasteiger partial charge in [-0.05, 0) is 13.0 Å². The van der Waals surface area contributed by atoms with Gasteiger partial charge in [0.1, 0.15) is 0 Å². The van der Waals surface area contributed by atoms with E-state index in [9.17, 15) is 21.6 Å². The summed E-state index contributed by atoms with van der Waals surface area (Å²) in [7, 11) is -6.96. The summed E-state index contributed by atoms with van der Waals surface area (Å²) >= 11 is 0. The molecule has 1 aliphatic heterocycles. The summed E-state index contributed by atoms with van der Waals surface area (Å²) < 4.78 is 48.7. The number of rotatable bonds is 2. The number of sulfone groups is 1. The van der Waals surface area contributed by atoms with Crippen molar-refractivity contribution in [1.29, 1.82) is 0 Å². The van der Waals surface area contributed by atoms with Crippen molar-refractivity contribution in [1.82, 2.24) is 9.29 Å². The molecule has 7 nitrogen and oxygen atoms in total. The Morgan fingerprint density at radius 2 is 2.05 bits per heavy atom. The standard InChI is InChI=1S/C10H14N2O5S2/c1-8-7-18(14,15)5-4-12(8)19(16,17)9-2-3-10(13)11-6-9/h2-3,6,8H,4-5,7H2,1H3,(H,11,13). The molecule has 0 amide bonds. The Bertz CT molecular complexity index is 715. The molecule has 1 saturated heterocycles. The number of aromatic nitrogens is 1. The van der Waals surface area contributed by atoms with E-state index < -0.39 is 31.5 Å². The second-order valence-corrected chi connectivity index (χ2v) is 8.59. The number of hydrogen-bond acceptors (Lipinski definition) is 5. The Balaban J connectivity index is 2.35. The first-order valence-electron chi connectivity index (χ1n) is 5.63. The van der Waals surface area contributed by atoms with Crippen LogP contribution in [0.3, 0.4) is 0 Å². The van der Waals surface area contributed by atoms with Gasteiger partial charge in [-0.25, -0.2) is 16.8 Å². The van der Waals surface area contributed by atoms with Crippen molar-refractivity contribution >= 4 is 19.9 Å². The summed E-state index contributed by atoms with van der Waals surface area (Å²) in [5.74, 6) is -0.366. The topological polar surface area (TPSA) is 104 Å². The van der Waals surface area contributed by atoms with Gasteiger partial charge in [0.05, 0.1) is 16.4 Å². The highest BCUT2D eigenvalue weighted by atomic mass is 32.2. The van der Waals surface area contributed by atoms with E-state index in [1.807, 2.05) is 0 Å². The highest BCUT2D eigenvalue weighted by Crippen LogP contribution is 2.21. The van der Waals surface area contributed by atoms with Gasteiger partial charge in [0.25, 0.3) is 0 Å². The van der Waals surface area contributed by atoms with Gasteiger partial charge in [0, 0.05) is 24.8 Å². The predicted molar refractivity (Wildman–Crippen MR) is 69.1 cm³/mol. The normalized spacial score (nSPS) is 24.2. The second-order valence-electron chi connectivity index (χ2n) is 4.47. The molecule has 0 aliphatic carbocycles. The van der Waals surface area contributed by atoms with Crippen molar-refractivity contribution in [3.63, 3.8) is 0 Å². The second kappa shape index (κ2) is 4.73. The zero-order valence-corrected chi connectivity index (χ0v) is 11.9. The molecule has 106 valence electrons. The molecule has 1 fully saturated rings. The number of nitrogens with one attached hydrogen (secondary N) is 1. The smallest absolute Gasteiger partial charge is 0.247 e. The third-order valence-electron chi connectivity index (χ3n) is 2.97. The minimum Gasteiger partial charge on any atom is -0.328 e. The van der Waals surface area contributed by atoms with Crippen molar-refractivity contribution in [3.05, 3.63) is 28.7 Å². The van der Waals surface area contributed by atoms with Crippen LogP contribution in [0.4, 0.5) is 0 Å². The first kappa shape index (κ1) is 14.2.